The van der Waals surface area contributed by atoms with Crippen molar-refractivity contribution >= 4 is 0 Å². The Hall–Kier alpha value is -0.300. The summed E-state index contributed by atoms with van der Waals surface area (Å²) in [6.07, 6.45) is 10.6. The summed E-state index contributed by atoms with van der Waals surface area (Å²) in [5, 5.41) is 8.87. The summed E-state index contributed by atoms with van der Waals surface area (Å²) >= 11 is 0. The van der Waals surface area contributed by atoms with E-state index < -0.39 is 0 Å². The fraction of sp³-hybridized carbons (Fsp3) is 0.778. The molecule has 1 N–H and O–H groups in total. The number of aliphatic hydroxyl groups excluding tert-OH is 1. The zero-order valence-electron chi connectivity index (χ0n) is 6.42. The Morgan fingerprint density at radius 2 is 2.20 bits per heavy atom. The first-order valence-electron chi connectivity index (χ1n) is 4.19. The zero-order valence-corrected chi connectivity index (χ0v) is 6.42. The van der Waals surface area contributed by atoms with Gasteiger partial charge in [-0.3, -0.25) is 0 Å². The largest absolute Gasteiger partial charge is 0.396 e. The lowest BCUT2D eigenvalue weighted by Gasteiger charge is -2.12. The Kier molecular flexibility index (Phi) is 3.52. The van der Waals surface area contributed by atoms with Gasteiger partial charge < -0.3 is 5.11 Å². The van der Waals surface area contributed by atoms with Crippen LogP contribution in [-0.2, 0) is 0 Å². The molecule has 1 nitrogen and oxygen atoms in total. The molecule has 1 rings (SSSR count). The quantitative estimate of drug-likeness (QED) is 0.553. The SMILES string of the molecule is OCC1CC=CCCCC1. The molecular formula is C9H16O. The molecule has 1 heteroatoms. The summed E-state index contributed by atoms with van der Waals surface area (Å²) in [4.78, 5) is 0. The summed E-state index contributed by atoms with van der Waals surface area (Å²) in [5.41, 5.74) is 0. The topological polar surface area (TPSA) is 20.2 Å². The lowest BCUT2D eigenvalue weighted by Crippen LogP contribution is -2.05. The van der Waals surface area contributed by atoms with E-state index in [1.165, 1.54) is 25.7 Å². The second-order valence-corrected chi connectivity index (χ2v) is 3.04. The monoisotopic (exact) mass is 140 g/mol. The first-order chi connectivity index (χ1) is 4.93. The van der Waals surface area contributed by atoms with Gasteiger partial charge in [0.2, 0.25) is 0 Å². The van der Waals surface area contributed by atoms with Crippen LogP contribution in [-0.4, -0.2) is 11.7 Å². The number of rotatable bonds is 1. The molecule has 0 bridgehead atoms. The third-order valence-corrected chi connectivity index (χ3v) is 2.13. The highest BCUT2D eigenvalue weighted by atomic mass is 16.3. The van der Waals surface area contributed by atoms with Crippen LogP contribution in [0.1, 0.15) is 32.1 Å². The van der Waals surface area contributed by atoms with E-state index in [1.807, 2.05) is 0 Å². The van der Waals surface area contributed by atoms with E-state index in [-0.39, 0.29) is 0 Å². The van der Waals surface area contributed by atoms with Gasteiger partial charge in [0, 0.05) is 6.61 Å². The standard InChI is InChI=1S/C9H16O/c10-8-9-6-4-2-1-3-5-7-9/h2,4,9-10H,1,3,5-8H2. The van der Waals surface area contributed by atoms with Crippen molar-refractivity contribution in [3.63, 3.8) is 0 Å². The molecule has 1 atom stereocenters. The van der Waals surface area contributed by atoms with Crippen LogP contribution in [0, 0.1) is 5.92 Å². The fourth-order valence-electron chi connectivity index (χ4n) is 1.39. The number of hydrogen-bond acceptors (Lipinski definition) is 1. The van der Waals surface area contributed by atoms with Gasteiger partial charge in [0.25, 0.3) is 0 Å². The molecule has 0 saturated carbocycles. The van der Waals surface area contributed by atoms with Crippen LogP contribution in [0.15, 0.2) is 12.2 Å². The van der Waals surface area contributed by atoms with Gasteiger partial charge in [0.05, 0.1) is 0 Å². The predicted molar refractivity (Wildman–Crippen MR) is 42.8 cm³/mol. The molecule has 0 aromatic carbocycles. The summed E-state index contributed by atoms with van der Waals surface area (Å²) < 4.78 is 0. The minimum Gasteiger partial charge on any atom is -0.396 e. The van der Waals surface area contributed by atoms with Gasteiger partial charge >= 0.3 is 0 Å². The van der Waals surface area contributed by atoms with E-state index in [1.54, 1.807) is 0 Å². The Labute approximate surface area is 62.8 Å². The van der Waals surface area contributed by atoms with E-state index in [0.717, 1.165) is 6.42 Å². The van der Waals surface area contributed by atoms with Gasteiger partial charge in [0.15, 0.2) is 0 Å². The van der Waals surface area contributed by atoms with Gasteiger partial charge in [0.1, 0.15) is 0 Å². The van der Waals surface area contributed by atoms with E-state index in [2.05, 4.69) is 12.2 Å². The summed E-state index contributed by atoms with van der Waals surface area (Å²) in [5.74, 6) is 0.538. The second-order valence-electron chi connectivity index (χ2n) is 3.04. The predicted octanol–water partition coefficient (Wildman–Crippen LogP) is 2.12. The number of aliphatic hydroxyl groups is 1. The van der Waals surface area contributed by atoms with Crippen molar-refractivity contribution in [1.82, 2.24) is 0 Å². The zero-order chi connectivity index (χ0) is 7.23. The van der Waals surface area contributed by atoms with Crippen LogP contribution >= 0.6 is 0 Å². The minimum absolute atomic E-state index is 0.365. The molecule has 1 unspecified atom stereocenters. The fourth-order valence-corrected chi connectivity index (χ4v) is 1.39. The molecule has 0 fully saturated rings. The lowest BCUT2D eigenvalue weighted by atomic mass is 9.96. The summed E-state index contributed by atoms with van der Waals surface area (Å²) in [6.45, 7) is 0.365. The molecular weight excluding hydrogens is 124 g/mol. The highest BCUT2D eigenvalue weighted by Crippen LogP contribution is 2.16. The van der Waals surface area contributed by atoms with E-state index >= 15 is 0 Å². The Morgan fingerprint density at radius 3 is 3.00 bits per heavy atom. The average molecular weight is 140 g/mol. The van der Waals surface area contributed by atoms with Crippen molar-refractivity contribution in [1.29, 1.82) is 0 Å². The summed E-state index contributed by atoms with van der Waals surface area (Å²) in [6, 6.07) is 0. The van der Waals surface area contributed by atoms with Gasteiger partial charge in [-0.2, -0.15) is 0 Å². The van der Waals surface area contributed by atoms with Gasteiger partial charge in [-0.05, 0) is 31.6 Å². The minimum atomic E-state index is 0.365. The normalized spacial score (nSPS) is 27.5. The Morgan fingerprint density at radius 1 is 1.30 bits per heavy atom. The first kappa shape index (κ1) is 7.80. The molecule has 10 heavy (non-hydrogen) atoms. The average Bonchev–Trinajstić information content (AvgIpc) is 1.87. The van der Waals surface area contributed by atoms with E-state index in [9.17, 15) is 0 Å². The molecule has 0 aromatic rings. The number of hydrogen-bond donors (Lipinski definition) is 1. The molecule has 0 amide bonds. The third kappa shape index (κ3) is 2.53. The van der Waals surface area contributed by atoms with Gasteiger partial charge in [-0.15, -0.1) is 0 Å². The Balaban J connectivity index is 2.30. The lowest BCUT2D eigenvalue weighted by molar-refractivity contribution is 0.216. The third-order valence-electron chi connectivity index (χ3n) is 2.13. The molecule has 0 aliphatic heterocycles. The van der Waals surface area contributed by atoms with Crippen LogP contribution < -0.4 is 0 Å². The van der Waals surface area contributed by atoms with Crippen LogP contribution in [0.2, 0.25) is 0 Å². The number of allylic oxidation sites excluding steroid dienone is 2. The second kappa shape index (κ2) is 4.51. The molecule has 58 valence electrons. The first-order valence-corrected chi connectivity index (χ1v) is 4.19. The van der Waals surface area contributed by atoms with Gasteiger partial charge in [-0.25, -0.2) is 0 Å². The maximum Gasteiger partial charge on any atom is 0.0462 e. The van der Waals surface area contributed by atoms with E-state index in [0.29, 0.717) is 12.5 Å². The van der Waals surface area contributed by atoms with Crippen molar-refractivity contribution in [2.24, 2.45) is 5.92 Å². The van der Waals surface area contributed by atoms with Crippen LogP contribution in [0.4, 0.5) is 0 Å². The van der Waals surface area contributed by atoms with Crippen molar-refractivity contribution < 1.29 is 5.11 Å². The maximum atomic E-state index is 8.87. The molecule has 1 aliphatic rings. The van der Waals surface area contributed by atoms with Crippen molar-refractivity contribution in [2.45, 2.75) is 32.1 Å². The molecule has 1 aliphatic carbocycles. The smallest absolute Gasteiger partial charge is 0.0462 e. The molecule has 0 radical (unpaired) electrons. The molecule has 0 spiro atoms. The van der Waals surface area contributed by atoms with Crippen molar-refractivity contribution in [3.05, 3.63) is 12.2 Å². The highest BCUT2D eigenvalue weighted by molar-refractivity contribution is 4.85. The Bertz CT molecular complexity index is 107. The van der Waals surface area contributed by atoms with Gasteiger partial charge in [-0.1, -0.05) is 18.6 Å². The molecule has 0 saturated heterocycles. The summed E-state index contributed by atoms with van der Waals surface area (Å²) in [7, 11) is 0. The van der Waals surface area contributed by atoms with Crippen molar-refractivity contribution in [3.8, 4) is 0 Å². The van der Waals surface area contributed by atoms with Crippen LogP contribution in [0.5, 0.6) is 0 Å². The van der Waals surface area contributed by atoms with Crippen molar-refractivity contribution in [2.75, 3.05) is 6.61 Å². The van der Waals surface area contributed by atoms with E-state index in [4.69, 9.17) is 5.11 Å². The van der Waals surface area contributed by atoms with Crippen LogP contribution in [0.3, 0.4) is 0 Å². The van der Waals surface area contributed by atoms with Crippen LogP contribution in [0.25, 0.3) is 0 Å². The maximum absolute atomic E-state index is 8.87. The molecule has 0 aromatic heterocycles. The molecule has 0 heterocycles. The highest BCUT2D eigenvalue weighted by Gasteiger charge is 2.05.